The second-order valence-corrected chi connectivity index (χ2v) is 8.18. The first kappa shape index (κ1) is 21.4. The molecule has 2 heterocycles. The van der Waals surface area contributed by atoms with Crippen molar-refractivity contribution in [2.24, 2.45) is 0 Å². The highest BCUT2D eigenvalue weighted by molar-refractivity contribution is 6.32. The Morgan fingerprint density at radius 3 is 2.94 bits per heavy atom. The van der Waals surface area contributed by atoms with Crippen LogP contribution in [0.5, 0.6) is 5.75 Å². The van der Waals surface area contributed by atoms with E-state index >= 15 is 0 Å². The Balaban J connectivity index is 1.69. The van der Waals surface area contributed by atoms with Gasteiger partial charge >= 0.3 is 0 Å². The van der Waals surface area contributed by atoms with Gasteiger partial charge in [-0.25, -0.2) is 0 Å². The number of anilines is 1. The molecule has 2 N–H and O–H groups in total. The minimum atomic E-state index is 0.159. The zero-order valence-electron chi connectivity index (χ0n) is 17.4. The third-order valence-electron chi connectivity index (χ3n) is 5.84. The van der Waals surface area contributed by atoms with Crippen LogP contribution in [0.1, 0.15) is 29.5 Å². The van der Waals surface area contributed by atoms with Crippen LogP contribution >= 0.6 is 11.6 Å². The topological polar surface area (TPSA) is 81.4 Å². The van der Waals surface area contributed by atoms with Gasteiger partial charge in [0.2, 0.25) is 0 Å². The predicted octanol–water partition coefficient (Wildman–Crippen LogP) is 4.34. The van der Waals surface area contributed by atoms with Crippen molar-refractivity contribution in [1.29, 1.82) is 5.26 Å². The average Bonchev–Trinajstić information content (AvgIpc) is 3.25. The fraction of sp³-hybridized carbons (Fsp3) is 0.333. The number of methoxy groups -OCH3 is 1. The van der Waals surface area contributed by atoms with Crippen LogP contribution < -0.4 is 10.1 Å². The molecular formula is C24H25ClN4O2. The van der Waals surface area contributed by atoms with Crippen LogP contribution in [0.25, 0.3) is 10.9 Å². The van der Waals surface area contributed by atoms with Gasteiger partial charge < -0.3 is 15.2 Å². The molecule has 0 saturated carbocycles. The number of fused-ring (bicyclic) bond motifs is 1. The van der Waals surface area contributed by atoms with Gasteiger partial charge in [-0.3, -0.25) is 9.88 Å². The number of benzene rings is 2. The van der Waals surface area contributed by atoms with Gasteiger partial charge in [0.25, 0.3) is 0 Å². The predicted molar refractivity (Wildman–Crippen MR) is 122 cm³/mol. The van der Waals surface area contributed by atoms with Gasteiger partial charge in [0, 0.05) is 42.0 Å². The van der Waals surface area contributed by atoms with E-state index < -0.39 is 0 Å². The number of aliphatic hydroxyl groups excluding tert-OH is 1. The standard InChI is InChI=1S/C24H25ClN4O2/c1-31-23-7-5-17(10-21(23)25)12-28-24-18(14-29-8-2-3-19(29)15-30)13-27-22-6-4-16(11-26)9-20(22)24/h4-7,9-10,13,19,30H,2-3,8,12,14-15H2,1H3,(H,27,28)/t19-/m1/s1. The zero-order chi connectivity index (χ0) is 21.8. The summed E-state index contributed by atoms with van der Waals surface area (Å²) in [5, 5.41) is 24.1. The van der Waals surface area contributed by atoms with Crippen molar-refractivity contribution in [1.82, 2.24) is 9.88 Å². The maximum absolute atomic E-state index is 9.71. The SMILES string of the molecule is COc1ccc(CNc2c(CN3CCC[C@@H]3CO)cnc3ccc(C#N)cc23)cc1Cl. The van der Waals surface area contributed by atoms with Gasteiger partial charge in [0.05, 0.1) is 35.9 Å². The van der Waals surface area contributed by atoms with Crippen LogP contribution in [0.2, 0.25) is 5.02 Å². The average molecular weight is 437 g/mol. The number of aromatic nitrogens is 1. The van der Waals surface area contributed by atoms with Crippen molar-refractivity contribution in [2.75, 3.05) is 25.6 Å². The number of rotatable bonds is 7. The summed E-state index contributed by atoms with van der Waals surface area (Å²) in [6, 6.07) is 13.6. The monoisotopic (exact) mass is 436 g/mol. The molecular weight excluding hydrogens is 412 g/mol. The number of halogens is 1. The minimum Gasteiger partial charge on any atom is -0.495 e. The molecule has 1 aliphatic heterocycles. The molecule has 0 spiro atoms. The van der Waals surface area contributed by atoms with E-state index in [4.69, 9.17) is 16.3 Å². The highest BCUT2D eigenvalue weighted by atomic mass is 35.5. The number of aliphatic hydroxyl groups is 1. The Morgan fingerprint density at radius 1 is 1.32 bits per heavy atom. The quantitative estimate of drug-likeness (QED) is 0.573. The molecule has 0 bridgehead atoms. The fourth-order valence-corrected chi connectivity index (χ4v) is 4.45. The molecule has 0 radical (unpaired) electrons. The summed E-state index contributed by atoms with van der Waals surface area (Å²) in [6.45, 7) is 2.37. The lowest BCUT2D eigenvalue weighted by Gasteiger charge is -2.24. The molecule has 3 aromatic rings. The van der Waals surface area contributed by atoms with Crippen LogP contribution in [0.15, 0.2) is 42.6 Å². The number of ether oxygens (including phenoxy) is 1. The Labute approximate surface area is 187 Å². The van der Waals surface area contributed by atoms with E-state index in [1.54, 1.807) is 13.2 Å². The lowest BCUT2D eigenvalue weighted by atomic mass is 10.1. The number of nitriles is 1. The third kappa shape index (κ3) is 4.59. The Bertz CT molecular complexity index is 1130. The van der Waals surface area contributed by atoms with E-state index in [2.05, 4.69) is 21.3 Å². The van der Waals surface area contributed by atoms with Gasteiger partial charge in [-0.15, -0.1) is 0 Å². The first-order chi connectivity index (χ1) is 15.1. The number of nitrogens with one attached hydrogen (secondary N) is 1. The highest BCUT2D eigenvalue weighted by Gasteiger charge is 2.25. The molecule has 1 aromatic heterocycles. The van der Waals surface area contributed by atoms with E-state index in [-0.39, 0.29) is 12.6 Å². The largest absolute Gasteiger partial charge is 0.495 e. The van der Waals surface area contributed by atoms with Crippen LogP contribution in [0, 0.1) is 11.3 Å². The van der Waals surface area contributed by atoms with Crippen molar-refractivity contribution in [3.63, 3.8) is 0 Å². The summed E-state index contributed by atoms with van der Waals surface area (Å²) in [6.07, 6.45) is 3.98. The Hall–Kier alpha value is -2.85. The van der Waals surface area contributed by atoms with Crippen LogP contribution in [0.4, 0.5) is 5.69 Å². The van der Waals surface area contributed by atoms with Crippen molar-refractivity contribution < 1.29 is 9.84 Å². The van der Waals surface area contributed by atoms with Crippen LogP contribution in [-0.4, -0.2) is 41.3 Å². The van der Waals surface area contributed by atoms with E-state index in [9.17, 15) is 10.4 Å². The molecule has 2 aromatic carbocycles. The van der Waals surface area contributed by atoms with Gasteiger partial charge in [-0.05, 0) is 55.3 Å². The summed E-state index contributed by atoms with van der Waals surface area (Å²) in [5.74, 6) is 0.642. The number of hydrogen-bond acceptors (Lipinski definition) is 6. The summed E-state index contributed by atoms with van der Waals surface area (Å²) >= 11 is 6.29. The maximum Gasteiger partial charge on any atom is 0.137 e. The first-order valence-corrected chi connectivity index (χ1v) is 10.7. The van der Waals surface area contributed by atoms with Crippen LogP contribution in [0.3, 0.4) is 0 Å². The van der Waals surface area contributed by atoms with Crippen LogP contribution in [-0.2, 0) is 13.1 Å². The lowest BCUT2D eigenvalue weighted by Crippen LogP contribution is -2.32. The third-order valence-corrected chi connectivity index (χ3v) is 6.14. The zero-order valence-corrected chi connectivity index (χ0v) is 18.2. The molecule has 1 aliphatic rings. The Morgan fingerprint density at radius 2 is 2.19 bits per heavy atom. The number of nitrogens with zero attached hydrogens (tertiary/aromatic N) is 3. The van der Waals surface area contributed by atoms with Crippen molar-refractivity contribution in [3.05, 3.63) is 64.3 Å². The summed E-state index contributed by atoms with van der Waals surface area (Å²) in [4.78, 5) is 6.92. The van der Waals surface area contributed by atoms with Crippen molar-refractivity contribution in [3.8, 4) is 11.8 Å². The molecule has 0 aliphatic carbocycles. The van der Waals surface area contributed by atoms with Gasteiger partial charge in [-0.2, -0.15) is 5.26 Å². The second-order valence-electron chi connectivity index (χ2n) is 7.77. The molecule has 1 atom stereocenters. The number of likely N-dealkylation sites (tertiary alicyclic amines) is 1. The normalized spacial score (nSPS) is 16.4. The van der Waals surface area contributed by atoms with E-state index in [1.165, 1.54) is 0 Å². The molecule has 31 heavy (non-hydrogen) atoms. The highest BCUT2D eigenvalue weighted by Crippen LogP contribution is 2.31. The van der Waals surface area contributed by atoms with E-state index in [1.807, 2.05) is 36.5 Å². The maximum atomic E-state index is 9.71. The molecule has 0 amide bonds. The van der Waals surface area contributed by atoms with E-state index in [0.717, 1.165) is 47.1 Å². The van der Waals surface area contributed by atoms with Crippen molar-refractivity contribution in [2.45, 2.75) is 32.0 Å². The number of hydrogen-bond donors (Lipinski definition) is 2. The minimum absolute atomic E-state index is 0.159. The molecule has 4 rings (SSSR count). The summed E-state index contributed by atoms with van der Waals surface area (Å²) in [7, 11) is 1.60. The van der Waals surface area contributed by atoms with E-state index in [0.29, 0.717) is 29.4 Å². The fourth-order valence-electron chi connectivity index (χ4n) is 4.17. The first-order valence-electron chi connectivity index (χ1n) is 10.4. The lowest BCUT2D eigenvalue weighted by molar-refractivity contribution is 0.153. The molecule has 6 nitrogen and oxygen atoms in total. The molecule has 160 valence electrons. The summed E-state index contributed by atoms with van der Waals surface area (Å²) in [5.41, 5.74) is 4.45. The van der Waals surface area contributed by atoms with Gasteiger partial charge in [-0.1, -0.05) is 17.7 Å². The Kier molecular flexibility index (Phi) is 6.57. The smallest absolute Gasteiger partial charge is 0.137 e. The molecule has 1 fully saturated rings. The number of pyridine rings is 1. The summed E-state index contributed by atoms with van der Waals surface area (Å²) < 4.78 is 5.24. The molecule has 0 unspecified atom stereocenters. The van der Waals surface area contributed by atoms with Crippen molar-refractivity contribution >= 4 is 28.2 Å². The molecule has 7 heteroatoms. The van der Waals surface area contributed by atoms with Gasteiger partial charge in [0.1, 0.15) is 5.75 Å². The molecule has 1 saturated heterocycles. The van der Waals surface area contributed by atoms with Gasteiger partial charge in [0.15, 0.2) is 0 Å². The second kappa shape index (κ2) is 9.52.